The van der Waals surface area contributed by atoms with Gasteiger partial charge in [-0.1, -0.05) is 19.9 Å². The largest absolute Gasteiger partial charge is 0.416 e. The van der Waals surface area contributed by atoms with Crippen LogP contribution in [0.5, 0.6) is 0 Å². The lowest BCUT2D eigenvalue weighted by atomic mass is 9.99. The first kappa shape index (κ1) is 14.3. The van der Waals surface area contributed by atoms with Gasteiger partial charge in [0.25, 0.3) is 0 Å². The van der Waals surface area contributed by atoms with Crippen LogP contribution in [0, 0.1) is 5.92 Å². The fourth-order valence-electron chi connectivity index (χ4n) is 2.14. The standard InChI is InChI=1S/C14H15F3OS/c1-8(2)5-11-10-4-3-9(14(15,16)17)6-12(10)19-13(11)7-18/h3-4,6,8,18H,5,7H2,1-2H3. The van der Waals surface area contributed by atoms with E-state index in [0.29, 0.717) is 10.6 Å². The smallest absolute Gasteiger partial charge is 0.391 e. The zero-order valence-corrected chi connectivity index (χ0v) is 11.5. The molecule has 5 heteroatoms. The number of rotatable bonds is 3. The molecule has 0 saturated heterocycles. The van der Waals surface area contributed by atoms with Crippen LogP contribution in [0.3, 0.4) is 0 Å². The Morgan fingerprint density at radius 2 is 1.95 bits per heavy atom. The predicted molar refractivity (Wildman–Crippen MR) is 71.3 cm³/mol. The molecule has 1 heterocycles. The molecule has 0 saturated carbocycles. The van der Waals surface area contributed by atoms with E-state index in [2.05, 4.69) is 13.8 Å². The van der Waals surface area contributed by atoms with Crippen molar-refractivity contribution in [2.45, 2.75) is 33.1 Å². The molecule has 0 unspecified atom stereocenters. The zero-order valence-electron chi connectivity index (χ0n) is 10.7. The van der Waals surface area contributed by atoms with Crippen LogP contribution in [0.15, 0.2) is 18.2 Å². The van der Waals surface area contributed by atoms with Gasteiger partial charge in [-0.3, -0.25) is 0 Å². The third-order valence-electron chi connectivity index (χ3n) is 2.96. The summed E-state index contributed by atoms with van der Waals surface area (Å²) < 4.78 is 38.6. The van der Waals surface area contributed by atoms with Gasteiger partial charge in [-0.2, -0.15) is 13.2 Å². The fourth-order valence-corrected chi connectivity index (χ4v) is 3.27. The van der Waals surface area contributed by atoms with E-state index < -0.39 is 11.7 Å². The SMILES string of the molecule is CC(C)Cc1c(CO)sc2cc(C(F)(F)F)ccc12. The van der Waals surface area contributed by atoms with E-state index in [1.807, 2.05) is 0 Å². The maximum Gasteiger partial charge on any atom is 0.416 e. The van der Waals surface area contributed by atoms with E-state index in [9.17, 15) is 18.3 Å². The summed E-state index contributed by atoms with van der Waals surface area (Å²) in [7, 11) is 0. The number of aliphatic hydroxyl groups excluding tert-OH is 1. The van der Waals surface area contributed by atoms with Crippen molar-refractivity contribution in [3.63, 3.8) is 0 Å². The van der Waals surface area contributed by atoms with Gasteiger partial charge < -0.3 is 5.11 Å². The Hall–Kier alpha value is -1.07. The Morgan fingerprint density at radius 1 is 1.26 bits per heavy atom. The van der Waals surface area contributed by atoms with E-state index in [-0.39, 0.29) is 6.61 Å². The van der Waals surface area contributed by atoms with Gasteiger partial charge in [0, 0.05) is 9.58 Å². The molecule has 1 N–H and O–H groups in total. The molecular weight excluding hydrogens is 273 g/mol. The lowest BCUT2D eigenvalue weighted by molar-refractivity contribution is -0.137. The number of benzene rings is 1. The van der Waals surface area contributed by atoms with E-state index in [0.717, 1.165) is 28.3 Å². The molecule has 2 aromatic rings. The van der Waals surface area contributed by atoms with Crippen molar-refractivity contribution in [2.24, 2.45) is 5.92 Å². The average molecular weight is 288 g/mol. The lowest BCUT2D eigenvalue weighted by Gasteiger charge is -2.08. The van der Waals surface area contributed by atoms with Gasteiger partial charge >= 0.3 is 6.18 Å². The topological polar surface area (TPSA) is 20.2 Å². The number of hydrogen-bond donors (Lipinski definition) is 1. The second kappa shape index (κ2) is 5.13. The molecule has 0 atom stereocenters. The molecule has 0 aliphatic carbocycles. The van der Waals surface area contributed by atoms with E-state index in [4.69, 9.17) is 0 Å². The van der Waals surface area contributed by atoms with E-state index in [1.165, 1.54) is 23.5 Å². The minimum atomic E-state index is -4.32. The minimum absolute atomic E-state index is 0.122. The summed E-state index contributed by atoms with van der Waals surface area (Å²) in [5.74, 6) is 0.394. The normalized spacial score (nSPS) is 12.6. The van der Waals surface area contributed by atoms with Crippen molar-refractivity contribution < 1.29 is 18.3 Å². The van der Waals surface area contributed by atoms with Crippen LogP contribution >= 0.6 is 11.3 Å². The predicted octanol–water partition coefficient (Wildman–Crippen LogP) is 4.61. The van der Waals surface area contributed by atoms with Crippen molar-refractivity contribution in [3.8, 4) is 0 Å². The summed E-state index contributed by atoms with van der Waals surface area (Å²) >= 11 is 1.25. The number of fused-ring (bicyclic) bond motifs is 1. The van der Waals surface area contributed by atoms with Gasteiger partial charge in [0.1, 0.15) is 0 Å². The summed E-state index contributed by atoms with van der Waals surface area (Å²) in [6.45, 7) is 3.98. The van der Waals surface area contributed by atoms with Crippen molar-refractivity contribution in [1.82, 2.24) is 0 Å². The first-order valence-electron chi connectivity index (χ1n) is 6.05. The van der Waals surface area contributed by atoms with Crippen molar-refractivity contribution in [1.29, 1.82) is 0 Å². The molecule has 2 rings (SSSR count). The van der Waals surface area contributed by atoms with Gasteiger partial charge in [-0.05, 0) is 35.4 Å². The molecule has 1 nitrogen and oxygen atoms in total. The van der Waals surface area contributed by atoms with Gasteiger partial charge in [0.15, 0.2) is 0 Å². The van der Waals surface area contributed by atoms with Crippen molar-refractivity contribution in [2.75, 3.05) is 0 Å². The monoisotopic (exact) mass is 288 g/mol. The molecule has 19 heavy (non-hydrogen) atoms. The summed E-state index contributed by atoms with van der Waals surface area (Å²) in [4.78, 5) is 0.767. The maximum atomic E-state index is 12.7. The van der Waals surface area contributed by atoms with Gasteiger partial charge in [0.05, 0.1) is 12.2 Å². The molecule has 104 valence electrons. The molecule has 1 aromatic heterocycles. The summed E-state index contributed by atoms with van der Waals surface area (Å²) in [6.07, 6.45) is -3.56. The number of alkyl halides is 3. The quantitative estimate of drug-likeness (QED) is 0.874. The van der Waals surface area contributed by atoms with E-state index >= 15 is 0 Å². The first-order valence-corrected chi connectivity index (χ1v) is 6.87. The molecule has 0 aliphatic heterocycles. The third-order valence-corrected chi connectivity index (χ3v) is 4.14. The summed E-state index contributed by atoms with van der Waals surface area (Å²) in [6, 6.07) is 3.80. The first-order chi connectivity index (χ1) is 8.82. The fraction of sp³-hybridized carbons (Fsp3) is 0.429. The minimum Gasteiger partial charge on any atom is -0.391 e. The third kappa shape index (κ3) is 2.92. The Bertz CT molecular complexity index is 584. The van der Waals surface area contributed by atoms with Crippen molar-refractivity contribution in [3.05, 3.63) is 34.2 Å². The highest BCUT2D eigenvalue weighted by atomic mass is 32.1. The van der Waals surface area contributed by atoms with Crippen LogP contribution in [0.25, 0.3) is 10.1 Å². The molecule has 0 amide bonds. The Kier molecular flexibility index (Phi) is 3.87. The second-order valence-corrected chi connectivity index (χ2v) is 6.11. The van der Waals surface area contributed by atoms with Gasteiger partial charge in [-0.25, -0.2) is 0 Å². The van der Waals surface area contributed by atoms with Gasteiger partial charge in [-0.15, -0.1) is 11.3 Å². The van der Waals surface area contributed by atoms with Gasteiger partial charge in [0.2, 0.25) is 0 Å². The maximum absolute atomic E-state index is 12.7. The van der Waals surface area contributed by atoms with Crippen LogP contribution in [0.1, 0.15) is 29.9 Å². The summed E-state index contributed by atoms with van der Waals surface area (Å²) in [5, 5.41) is 10.2. The number of hydrogen-bond acceptors (Lipinski definition) is 2. The number of thiophene rings is 1. The average Bonchev–Trinajstić information content (AvgIpc) is 2.65. The summed E-state index contributed by atoms with van der Waals surface area (Å²) in [5.41, 5.74) is 0.341. The zero-order chi connectivity index (χ0) is 14.2. The van der Waals surface area contributed by atoms with Crippen LogP contribution in [-0.2, 0) is 19.2 Å². The van der Waals surface area contributed by atoms with Crippen LogP contribution in [-0.4, -0.2) is 5.11 Å². The number of halogens is 3. The molecule has 0 fully saturated rings. The Balaban J connectivity index is 2.57. The molecule has 0 aliphatic rings. The highest BCUT2D eigenvalue weighted by molar-refractivity contribution is 7.19. The van der Waals surface area contributed by atoms with E-state index in [1.54, 1.807) is 0 Å². The molecule has 1 aromatic carbocycles. The molecule has 0 radical (unpaired) electrons. The second-order valence-electron chi connectivity index (χ2n) is 4.97. The van der Waals surface area contributed by atoms with Crippen LogP contribution < -0.4 is 0 Å². The Labute approximate surface area is 113 Å². The lowest BCUT2D eigenvalue weighted by Crippen LogP contribution is -2.04. The molecule has 0 bridgehead atoms. The van der Waals surface area contributed by atoms with Crippen LogP contribution in [0.4, 0.5) is 13.2 Å². The highest BCUT2D eigenvalue weighted by Gasteiger charge is 2.31. The van der Waals surface area contributed by atoms with Crippen molar-refractivity contribution >= 4 is 21.4 Å². The number of aliphatic hydroxyl groups is 1. The highest BCUT2D eigenvalue weighted by Crippen LogP contribution is 2.37. The molecule has 0 spiro atoms. The Morgan fingerprint density at radius 3 is 2.47 bits per heavy atom. The molecular formula is C14H15F3OS. The van der Waals surface area contributed by atoms with Crippen LogP contribution in [0.2, 0.25) is 0 Å².